The maximum atomic E-state index is 12.8. The molecule has 1 N–H and O–H groups in total. The number of hydrogen-bond acceptors (Lipinski definition) is 7. The number of ether oxygens (including phenoxy) is 2. The molecule has 0 aromatic carbocycles. The molecular weight excluding hydrogens is 870 g/mol. The van der Waals surface area contributed by atoms with Crippen LogP contribution in [0.1, 0.15) is 245 Å². The van der Waals surface area contributed by atoms with Crippen LogP contribution in [-0.4, -0.2) is 74.9 Å². The molecule has 0 aromatic heterocycles. The standard InChI is InChI=1S/C58H106NO8P/c1-6-8-10-12-14-16-18-19-20-21-22-23-24-25-26-27-28-29-30-31-32-33-34-35-36-37-38-39-41-43-45-47-49-51-58(61)67-56(55-66-68(62,63)65-53-52-59(3,4)5)54-64-57(60)50-48-46-44-42-40-17-15-13-11-9-7-2/h8,10,14,16,19-20,22-23,25-26,56H,6-7,9,11-13,15,17-18,21,24,27-55H2,1-5H3/p+1/b10-8-,16-14-,20-19-,23-22-,26-25-. The van der Waals surface area contributed by atoms with Crippen molar-refractivity contribution in [1.82, 2.24) is 0 Å². The summed E-state index contributed by atoms with van der Waals surface area (Å²) < 4.78 is 34.4. The van der Waals surface area contributed by atoms with Crippen LogP contribution in [0.25, 0.3) is 0 Å². The topological polar surface area (TPSA) is 108 Å². The molecule has 0 saturated carbocycles. The molecule has 2 unspecified atom stereocenters. The van der Waals surface area contributed by atoms with Crippen molar-refractivity contribution in [2.45, 2.75) is 251 Å². The summed E-state index contributed by atoms with van der Waals surface area (Å²) in [6.07, 6.45) is 63.0. The molecule has 0 saturated heterocycles. The lowest BCUT2D eigenvalue weighted by atomic mass is 10.0. The first-order valence-corrected chi connectivity index (χ1v) is 29.5. The number of quaternary nitrogens is 1. The minimum atomic E-state index is -4.38. The number of unbranched alkanes of at least 4 members (excludes halogenated alkanes) is 27. The molecule has 2 atom stereocenters. The third kappa shape index (κ3) is 53.1. The number of phosphoric ester groups is 1. The summed E-state index contributed by atoms with van der Waals surface area (Å²) >= 11 is 0. The highest BCUT2D eigenvalue weighted by atomic mass is 31.2. The lowest BCUT2D eigenvalue weighted by Gasteiger charge is -2.24. The van der Waals surface area contributed by atoms with Gasteiger partial charge in [-0.1, -0.05) is 235 Å². The van der Waals surface area contributed by atoms with Gasteiger partial charge in [-0.05, 0) is 57.8 Å². The smallest absolute Gasteiger partial charge is 0.462 e. The summed E-state index contributed by atoms with van der Waals surface area (Å²) in [5, 5.41) is 0. The van der Waals surface area contributed by atoms with Gasteiger partial charge in [0, 0.05) is 12.8 Å². The van der Waals surface area contributed by atoms with E-state index in [9.17, 15) is 19.0 Å². The zero-order valence-corrected chi connectivity index (χ0v) is 45.7. The largest absolute Gasteiger partial charge is 0.472 e. The van der Waals surface area contributed by atoms with Gasteiger partial charge in [-0.3, -0.25) is 18.6 Å². The van der Waals surface area contributed by atoms with Crippen molar-refractivity contribution in [1.29, 1.82) is 0 Å². The van der Waals surface area contributed by atoms with Crippen molar-refractivity contribution in [3.05, 3.63) is 60.8 Å². The third-order valence-electron chi connectivity index (χ3n) is 12.1. The van der Waals surface area contributed by atoms with Crippen molar-refractivity contribution in [3.63, 3.8) is 0 Å². The Bertz CT molecular complexity index is 1340. The zero-order valence-electron chi connectivity index (χ0n) is 44.8. The van der Waals surface area contributed by atoms with E-state index in [1.807, 2.05) is 21.1 Å². The second-order valence-electron chi connectivity index (χ2n) is 19.9. The van der Waals surface area contributed by atoms with Crippen molar-refractivity contribution in [2.24, 2.45) is 0 Å². The predicted molar refractivity (Wildman–Crippen MR) is 289 cm³/mol. The van der Waals surface area contributed by atoms with E-state index >= 15 is 0 Å². The van der Waals surface area contributed by atoms with Crippen molar-refractivity contribution >= 4 is 19.8 Å². The Morgan fingerprint density at radius 3 is 1.25 bits per heavy atom. The zero-order chi connectivity index (χ0) is 49.9. The first-order chi connectivity index (χ1) is 33.0. The number of hydrogen-bond donors (Lipinski definition) is 1. The quantitative estimate of drug-likeness (QED) is 0.0211. The monoisotopic (exact) mass is 977 g/mol. The molecule has 68 heavy (non-hydrogen) atoms. The Kier molecular flexibility index (Phi) is 48.0. The normalized spacial score (nSPS) is 13.8. The van der Waals surface area contributed by atoms with Gasteiger partial charge in [0.1, 0.15) is 19.8 Å². The van der Waals surface area contributed by atoms with E-state index in [0.717, 1.165) is 64.2 Å². The number of phosphoric acid groups is 1. The van der Waals surface area contributed by atoms with Crippen LogP contribution in [0.2, 0.25) is 0 Å². The van der Waals surface area contributed by atoms with E-state index in [1.165, 1.54) is 148 Å². The molecular formula is C58H107NO8P+. The molecule has 0 fully saturated rings. The molecule has 0 amide bonds. The minimum absolute atomic E-state index is 0.0327. The maximum absolute atomic E-state index is 12.8. The second-order valence-corrected chi connectivity index (χ2v) is 21.4. The Morgan fingerprint density at radius 2 is 0.838 bits per heavy atom. The Labute approximate surface area is 419 Å². The van der Waals surface area contributed by atoms with Crippen LogP contribution in [0.3, 0.4) is 0 Å². The highest BCUT2D eigenvalue weighted by Gasteiger charge is 2.27. The number of carbonyl (C=O) groups is 2. The molecule has 9 nitrogen and oxygen atoms in total. The molecule has 396 valence electrons. The Morgan fingerprint density at radius 1 is 0.471 bits per heavy atom. The summed E-state index contributed by atoms with van der Waals surface area (Å²) in [5.74, 6) is -0.791. The number of esters is 2. The highest BCUT2D eigenvalue weighted by molar-refractivity contribution is 7.47. The number of rotatable bonds is 51. The van der Waals surface area contributed by atoms with Crippen LogP contribution in [-0.2, 0) is 32.7 Å². The van der Waals surface area contributed by atoms with Gasteiger partial charge in [-0.25, -0.2) is 4.57 Å². The molecule has 0 heterocycles. The maximum Gasteiger partial charge on any atom is 0.472 e. The van der Waals surface area contributed by atoms with Crippen LogP contribution in [0.5, 0.6) is 0 Å². The number of carbonyl (C=O) groups excluding carboxylic acids is 2. The first kappa shape index (κ1) is 65.7. The van der Waals surface area contributed by atoms with Gasteiger partial charge < -0.3 is 18.9 Å². The molecule has 0 spiro atoms. The molecule has 0 rings (SSSR count). The van der Waals surface area contributed by atoms with E-state index in [-0.39, 0.29) is 25.6 Å². The van der Waals surface area contributed by atoms with Crippen molar-refractivity contribution < 1.29 is 42.1 Å². The van der Waals surface area contributed by atoms with Crippen molar-refractivity contribution in [2.75, 3.05) is 47.5 Å². The van der Waals surface area contributed by atoms with Crippen LogP contribution in [0.15, 0.2) is 60.8 Å². The lowest BCUT2D eigenvalue weighted by molar-refractivity contribution is -0.870. The van der Waals surface area contributed by atoms with E-state index in [1.54, 1.807) is 0 Å². The summed E-state index contributed by atoms with van der Waals surface area (Å²) in [6.45, 7) is 4.32. The fourth-order valence-corrected chi connectivity index (χ4v) is 8.49. The summed E-state index contributed by atoms with van der Waals surface area (Å²) in [5.41, 5.74) is 0. The molecule has 0 radical (unpaired) electrons. The number of allylic oxidation sites excluding steroid dienone is 10. The van der Waals surface area contributed by atoms with Crippen molar-refractivity contribution in [3.8, 4) is 0 Å². The number of likely N-dealkylation sites (N-methyl/N-ethyl adjacent to an activating group) is 1. The third-order valence-corrected chi connectivity index (χ3v) is 13.0. The van der Waals surface area contributed by atoms with Gasteiger partial charge >= 0.3 is 19.8 Å². The molecule has 0 bridgehead atoms. The Hall–Kier alpha value is -2.29. The van der Waals surface area contributed by atoms with Gasteiger partial charge in [0.05, 0.1) is 27.7 Å². The van der Waals surface area contributed by atoms with E-state index in [2.05, 4.69) is 74.6 Å². The predicted octanol–water partition coefficient (Wildman–Crippen LogP) is 17.1. The minimum Gasteiger partial charge on any atom is -0.462 e. The van der Waals surface area contributed by atoms with Gasteiger partial charge in [0.15, 0.2) is 6.10 Å². The fraction of sp³-hybridized carbons (Fsp3) is 0.793. The average molecular weight is 977 g/mol. The van der Waals surface area contributed by atoms with E-state index in [4.69, 9.17) is 18.5 Å². The van der Waals surface area contributed by atoms with Gasteiger partial charge in [-0.15, -0.1) is 0 Å². The molecule has 0 aliphatic heterocycles. The lowest BCUT2D eigenvalue weighted by Crippen LogP contribution is -2.37. The molecule has 0 aliphatic rings. The molecule has 0 aliphatic carbocycles. The summed E-state index contributed by atoms with van der Waals surface area (Å²) in [4.78, 5) is 35.5. The van der Waals surface area contributed by atoms with Crippen LogP contribution >= 0.6 is 7.82 Å². The van der Waals surface area contributed by atoms with Gasteiger partial charge in [0.25, 0.3) is 0 Å². The van der Waals surface area contributed by atoms with E-state index in [0.29, 0.717) is 23.9 Å². The van der Waals surface area contributed by atoms with E-state index < -0.39 is 26.5 Å². The van der Waals surface area contributed by atoms with Crippen LogP contribution in [0.4, 0.5) is 0 Å². The fourth-order valence-electron chi connectivity index (χ4n) is 7.75. The molecule has 10 heteroatoms. The SMILES string of the molecule is CC/C=C\C/C=C\C/C=C\C/C=C\C/C=C\CCCCCCCCCCCCCCCCCCCC(=O)OC(COC(=O)CCCCCCCCCCCCC)COP(=O)(O)OCC[N+](C)(C)C. The summed E-state index contributed by atoms with van der Waals surface area (Å²) in [6, 6.07) is 0. The van der Waals surface area contributed by atoms with Crippen LogP contribution in [0, 0.1) is 0 Å². The average Bonchev–Trinajstić information content (AvgIpc) is 3.30. The van der Waals surface area contributed by atoms with Gasteiger partial charge in [0.2, 0.25) is 0 Å². The van der Waals surface area contributed by atoms with Gasteiger partial charge in [-0.2, -0.15) is 0 Å². The number of nitrogens with zero attached hydrogens (tertiary/aromatic N) is 1. The van der Waals surface area contributed by atoms with Crippen LogP contribution < -0.4 is 0 Å². The second kappa shape index (κ2) is 49.7. The molecule has 0 aromatic rings. The first-order valence-electron chi connectivity index (χ1n) is 28.0. The Balaban J connectivity index is 4.00. The summed E-state index contributed by atoms with van der Waals surface area (Å²) in [7, 11) is 1.48. The highest BCUT2D eigenvalue weighted by Crippen LogP contribution is 2.43.